The van der Waals surface area contributed by atoms with E-state index in [0.29, 0.717) is 32.6 Å². The van der Waals surface area contributed by atoms with Gasteiger partial charge in [-0.25, -0.2) is 4.39 Å². The van der Waals surface area contributed by atoms with Gasteiger partial charge in [0.2, 0.25) is 11.8 Å². The molecule has 26 heavy (non-hydrogen) atoms. The summed E-state index contributed by atoms with van der Waals surface area (Å²) < 4.78 is 12.9. The maximum atomic E-state index is 12.9. The van der Waals surface area contributed by atoms with Crippen LogP contribution in [0, 0.1) is 5.82 Å². The molecule has 4 nitrogen and oxygen atoms in total. The number of aryl methyl sites for hydroxylation is 1. The Kier molecular flexibility index (Phi) is 6.00. The van der Waals surface area contributed by atoms with Crippen LogP contribution in [0.5, 0.6) is 0 Å². The predicted octanol–water partition coefficient (Wildman–Crippen LogP) is 2.67. The van der Waals surface area contributed by atoms with E-state index >= 15 is 0 Å². The van der Waals surface area contributed by atoms with Crippen LogP contribution in [0.2, 0.25) is 0 Å². The lowest BCUT2D eigenvalue weighted by molar-refractivity contribution is -0.139. The Hall–Kier alpha value is -2.69. The average molecular weight is 354 g/mol. The van der Waals surface area contributed by atoms with Gasteiger partial charge in [-0.3, -0.25) is 9.59 Å². The molecule has 0 aliphatic carbocycles. The summed E-state index contributed by atoms with van der Waals surface area (Å²) in [6.07, 6.45) is 1.50. The van der Waals surface area contributed by atoms with E-state index in [9.17, 15) is 14.0 Å². The van der Waals surface area contributed by atoms with Gasteiger partial charge in [-0.1, -0.05) is 42.5 Å². The fourth-order valence-electron chi connectivity index (χ4n) is 3.15. The number of piperazine rings is 1. The van der Waals surface area contributed by atoms with Gasteiger partial charge in [0.15, 0.2) is 0 Å². The maximum absolute atomic E-state index is 12.9. The van der Waals surface area contributed by atoms with Crippen LogP contribution < -0.4 is 0 Å². The monoisotopic (exact) mass is 354 g/mol. The number of carbonyl (C=O) groups is 2. The number of rotatable bonds is 5. The minimum Gasteiger partial charge on any atom is -0.339 e. The van der Waals surface area contributed by atoms with Crippen molar-refractivity contribution in [1.29, 1.82) is 0 Å². The molecule has 136 valence electrons. The number of hydrogen-bond acceptors (Lipinski definition) is 2. The lowest BCUT2D eigenvalue weighted by Gasteiger charge is -2.35. The van der Waals surface area contributed by atoms with Gasteiger partial charge in [-0.05, 0) is 29.7 Å². The number of carbonyl (C=O) groups excluding carboxylic acids is 2. The summed E-state index contributed by atoms with van der Waals surface area (Å²) in [6, 6.07) is 16.0. The Bertz CT molecular complexity index is 738. The van der Waals surface area contributed by atoms with Crippen molar-refractivity contribution in [3.63, 3.8) is 0 Å². The minimum atomic E-state index is -0.302. The standard InChI is InChI=1S/C21H23FN2O2/c22-19-9-6-18(7-10-19)16-21(26)24-14-12-23(13-15-24)20(25)11-8-17-4-2-1-3-5-17/h1-7,9-10H,8,11-16H2. The normalized spacial score (nSPS) is 14.3. The van der Waals surface area contributed by atoms with Crippen LogP contribution in [-0.2, 0) is 22.4 Å². The highest BCUT2D eigenvalue weighted by Gasteiger charge is 2.23. The quantitative estimate of drug-likeness (QED) is 0.828. The molecular formula is C21H23FN2O2. The molecule has 1 fully saturated rings. The summed E-state index contributed by atoms with van der Waals surface area (Å²) in [6.45, 7) is 2.25. The van der Waals surface area contributed by atoms with Gasteiger partial charge in [0.05, 0.1) is 6.42 Å². The molecule has 3 rings (SSSR count). The molecule has 0 aromatic heterocycles. The van der Waals surface area contributed by atoms with Crippen molar-refractivity contribution in [1.82, 2.24) is 9.80 Å². The molecule has 0 unspecified atom stereocenters. The molecule has 1 aliphatic heterocycles. The Balaban J connectivity index is 1.43. The fourth-order valence-corrected chi connectivity index (χ4v) is 3.15. The third kappa shape index (κ3) is 4.91. The molecular weight excluding hydrogens is 331 g/mol. The zero-order chi connectivity index (χ0) is 18.4. The second kappa shape index (κ2) is 8.61. The molecule has 1 aliphatic rings. The molecule has 2 aromatic rings. The molecule has 2 aromatic carbocycles. The van der Waals surface area contributed by atoms with E-state index < -0.39 is 0 Å². The Morgan fingerprint density at radius 1 is 0.769 bits per heavy atom. The van der Waals surface area contributed by atoms with E-state index in [2.05, 4.69) is 0 Å². The van der Waals surface area contributed by atoms with Crippen molar-refractivity contribution in [2.24, 2.45) is 0 Å². The zero-order valence-electron chi connectivity index (χ0n) is 14.7. The summed E-state index contributed by atoms with van der Waals surface area (Å²) in [7, 11) is 0. The highest BCUT2D eigenvalue weighted by Crippen LogP contribution is 2.10. The number of amides is 2. The zero-order valence-corrected chi connectivity index (χ0v) is 14.7. The van der Waals surface area contributed by atoms with Crippen LogP contribution >= 0.6 is 0 Å². The molecule has 0 saturated carbocycles. The van der Waals surface area contributed by atoms with Gasteiger partial charge in [-0.15, -0.1) is 0 Å². The SMILES string of the molecule is O=C(CCc1ccccc1)N1CCN(C(=O)Cc2ccc(F)cc2)CC1. The van der Waals surface area contributed by atoms with Gasteiger partial charge in [-0.2, -0.15) is 0 Å². The number of benzene rings is 2. The Labute approximate surface area is 153 Å². The lowest BCUT2D eigenvalue weighted by atomic mass is 10.1. The van der Waals surface area contributed by atoms with Crippen molar-refractivity contribution in [2.75, 3.05) is 26.2 Å². The van der Waals surface area contributed by atoms with Gasteiger partial charge in [0, 0.05) is 32.6 Å². The molecule has 2 amide bonds. The number of nitrogens with zero attached hydrogens (tertiary/aromatic N) is 2. The van der Waals surface area contributed by atoms with Crippen molar-refractivity contribution < 1.29 is 14.0 Å². The largest absolute Gasteiger partial charge is 0.339 e. The number of halogens is 1. The summed E-state index contributed by atoms with van der Waals surface area (Å²) in [5, 5.41) is 0. The van der Waals surface area contributed by atoms with Crippen molar-refractivity contribution >= 4 is 11.8 Å². The Morgan fingerprint density at radius 3 is 1.96 bits per heavy atom. The second-order valence-electron chi connectivity index (χ2n) is 6.55. The van der Waals surface area contributed by atoms with Crippen LogP contribution in [0.3, 0.4) is 0 Å². The first-order valence-electron chi connectivity index (χ1n) is 8.96. The van der Waals surface area contributed by atoms with Crippen LogP contribution in [0.1, 0.15) is 17.5 Å². The van der Waals surface area contributed by atoms with Crippen LogP contribution in [0.15, 0.2) is 54.6 Å². The number of hydrogen-bond donors (Lipinski definition) is 0. The van der Waals surface area contributed by atoms with E-state index in [1.54, 1.807) is 17.0 Å². The molecule has 0 N–H and O–H groups in total. The van der Waals surface area contributed by atoms with Gasteiger partial charge in [0.25, 0.3) is 0 Å². The first-order chi connectivity index (χ1) is 12.6. The minimum absolute atomic E-state index is 0.0213. The van der Waals surface area contributed by atoms with Gasteiger partial charge in [0.1, 0.15) is 5.82 Å². The van der Waals surface area contributed by atoms with E-state index in [4.69, 9.17) is 0 Å². The van der Waals surface area contributed by atoms with Gasteiger partial charge < -0.3 is 9.80 Å². The maximum Gasteiger partial charge on any atom is 0.227 e. The highest BCUT2D eigenvalue weighted by molar-refractivity contribution is 5.80. The first-order valence-corrected chi connectivity index (χ1v) is 8.96. The van der Waals surface area contributed by atoms with E-state index in [0.717, 1.165) is 17.5 Å². The molecule has 0 bridgehead atoms. The Morgan fingerprint density at radius 2 is 1.35 bits per heavy atom. The molecule has 1 saturated heterocycles. The van der Waals surface area contributed by atoms with Crippen molar-refractivity contribution in [2.45, 2.75) is 19.3 Å². The van der Waals surface area contributed by atoms with Crippen LogP contribution in [0.4, 0.5) is 4.39 Å². The van der Waals surface area contributed by atoms with E-state index in [1.807, 2.05) is 35.2 Å². The third-order valence-corrected chi connectivity index (χ3v) is 4.72. The predicted molar refractivity (Wildman–Crippen MR) is 98.0 cm³/mol. The van der Waals surface area contributed by atoms with Crippen molar-refractivity contribution in [3.05, 3.63) is 71.5 Å². The first kappa shape index (κ1) is 18.1. The smallest absolute Gasteiger partial charge is 0.227 e. The molecule has 5 heteroatoms. The topological polar surface area (TPSA) is 40.6 Å². The summed E-state index contributed by atoms with van der Waals surface area (Å²) in [5.41, 5.74) is 1.96. The van der Waals surface area contributed by atoms with E-state index in [1.165, 1.54) is 12.1 Å². The summed E-state index contributed by atoms with van der Waals surface area (Å²) in [5.74, 6) is -0.142. The van der Waals surface area contributed by atoms with Crippen LogP contribution in [-0.4, -0.2) is 47.8 Å². The lowest BCUT2D eigenvalue weighted by Crippen LogP contribution is -2.51. The summed E-state index contributed by atoms with van der Waals surface area (Å²) >= 11 is 0. The average Bonchev–Trinajstić information content (AvgIpc) is 2.69. The van der Waals surface area contributed by atoms with E-state index in [-0.39, 0.29) is 24.1 Å². The molecule has 0 atom stereocenters. The fraction of sp³-hybridized carbons (Fsp3) is 0.333. The second-order valence-corrected chi connectivity index (χ2v) is 6.55. The van der Waals surface area contributed by atoms with Crippen LogP contribution in [0.25, 0.3) is 0 Å². The third-order valence-electron chi connectivity index (χ3n) is 4.72. The summed E-state index contributed by atoms with van der Waals surface area (Å²) in [4.78, 5) is 28.3. The molecule has 0 spiro atoms. The van der Waals surface area contributed by atoms with Gasteiger partial charge >= 0.3 is 0 Å². The van der Waals surface area contributed by atoms with Crippen molar-refractivity contribution in [3.8, 4) is 0 Å². The molecule has 0 radical (unpaired) electrons. The highest BCUT2D eigenvalue weighted by atomic mass is 19.1. The molecule has 1 heterocycles.